The fraction of sp³-hybridized carbons (Fsp3) is 0.474. The first-order valence-electron chi connectivity index (χ1n) is 8.70. The van der Waals surface area contributed by atoms with Gasteiger partial charge in [0.1, 0.15) is 0 Å². The van der Waals surface area contributed by atoms with E-state index in [0.29, 0.717) is 4.90 Å². The minimum Gasteiger partial charge on any atom is -0.304 e. The lowest BCUT2D eigenvalue weighted by atomic mass is 10.1. The van der Waals surface area contributed by atoms with E-state index in [9.17, 15) is 8.42 Å². The smallest absolute Gasteiger partial charge is 0.241 e. The first-order chi connectivity index (χ1) is 11.5. The van der Waals surface area contributed by atoms with Gasteiger partial charge in [-0.1, -0.05) is 50.2 Å². The van der Waals surface area contributed by atoms with E-state index in [1.165, 1.54) is 0 Å². The maximum absolute atomic E-state index is 12.7. The van der Waals surface area contributed by atoms with E-state index >= 15 is 0 Å². The highest BCUT2D eigenvalue weighted by Crippen LogP contribution is 2.23. The Labute approximate surface area is 145 Å². The Morgan fingerprint density at radius 3 is 2.42 bits per heavy atom. The highest BCUT2D eigenvalue weighted by Gasteiger charge is 2.19. The Kier molecular flexibility index (Phi) is 6.78. The quantitative estimate of drug-likeness (QED) is 0.753. The van der Waals surface area contributed by atoms with Gasteiger partial charge in [0.25, 0.3) is 0 Å². The Bertz CT molecular complexity index is 750. The van der Waals surface area contributed by atoms with E-state index < -0.39 is 10.0 Å². The summed E-state index contributed by atoms with van der Waals surface area (Å²) in [5.74, 6) is 0. The Morgan fingerprint density at radius 2 is 1.71 bits per heavy atom. The van der Waals surface area contributed by atoms with Crippen LogP contribution in [-0.4, -0.2) is 39.0 Å². The monoisotopic (exact) mass is 348 g/mol. The third kappa shape index (κ3) is 4.79. The first-order valence-corrected chi connectivity index (χ1v) is 10.2. The molecule has 0 fully saturated rings. The molecule has 5 heteroatoms. The molecule has 1 unspecified atom stereocenters. The number of hydrogen-bond donors (Lipinski definition) is 1. The van der Waals surface area contributed by atoms with Gasteiger partial charge in [-0.2, -0.15) is 0 Å². The zero-order valence-corrected chi connectivity index (χ0v) is 15.6. The molecule has 0 aliphatic heterocycles. The van der Waals surface area contributed by atoms with E-state index in [1.807, 2.05) is 37.3 Å². The van der Waals surface area contributed by atoms with E-state index in [-0.39, 0.29) is 6.04 Å². The number of rotatable bonds is 9. The highest BCUT2D eigenvalue weighted by molar-refractivity contribution is 7.89. The third-order valence-electron chi connectivity index (χ3n) is 4.40. The summed E-state index contributed by atoms with van der Waals surface area (Å²) in [6.45, 7) is 9.31. The van der Waals surface area contributed by atoms with E-state index in [0.717, 1.165) is 43.2 Å². The van der Waals surface area contributed by atoms with Crippen LogP contribution in [0.5, 0.6) is 0 Å². The standard InChI is InChI=1S/C19H28N2O2S/c1-4-21(5-2)15-9-10-16(3)20-24(22,23)19-14-8-12-17-11-6-7-13-18(17)19/h6-8,11-14,16,20H,4-5,9-10,15H2,1-3H3. The van der Waals surface area contributed by atoms with Crippen molar-refractivity contribution >= 4 is 20.8 Å². The third-order valence-corrected chi connectivity index (χ3v) is 6.05. The zero-order valence-electron chi connectivity index (χ0n) is 14.8. The Morgan fingerprint density at radius 1 is 1.04 bits per heavy atom. The van der Waals surface area contributed by atoms with Crippen LogP contribution in [0.15, 0.2) is 47.4 Å². The Hall–Kier alpha value is -1.43. The molecule has 0 heterocycles. The molecule has 4 nitrogen and oxygen atoms in total. The van der Waals surface area contributed by atoms with E-state index in [4.69, 9.17) is 0 Å². The van der Waals surface area contributed by atoms with Crippen molar-refractivity contribution in [2.45, 2.75) is 44.6 Å². The van der Waals surface area contributed by atoms with Gasteiger partial charge in [0, 0.05) is 11.4 Å². The number of hydrogen-bond acceptors (Lipinski definition) is 3. The molecule has 1 N–H and O–H groups in total. The van der Waals surface area contributed by atoms with Crippen molar-refractivity contribution in [1.29, 1.82) is 0 Å². The molecule has 0 bridgehead atoms. The molecule has 0 aliphatic carbocycles. The summed E-state index contributed by atoms with van der Waals surface area (Å²) in [4.78, 5) is 2.71. The van der Waals surface area contributed by atoms with Crippen LogP contribution in [-0.2, 0) is 10.0 Å². The summed E-state index contributed by atoms with van der Waals surface area (Å²) in [6.07, 6.45) is 1.82. The van der Waals surface area contributed by atoms with Gasteiger partial charge in [-0.15, -0.1) is 0 Å². The maximum Gasteiger partial charge on any atom is 0.241 e. The Balaban J connectivity index is 2.05. The summed E-state index contributed by atoms with van der Waals surface area (Å²) in [7, 11) is -3.51. The molecular weight excluding hydrogens is 320 g/mol. The molecule has 0 saturated heterocycles. The van der Waals surface area contributed by atoms with Gasteiger partial charge in [-0.05, 0) is 50.9 Å². The number of sulfonamides is 1. The second-order valence-electron chi connectivity index (χ2n) is 6.17. The number of nitrogens with zero attached hydrogens (tertiary/aromatic N) is 1. The largest absolute Gasteiger partial charge is 0.304 e. The van der Waals surface area contributed by atoms with Crippen molar-refractivity contribution in [3.05, 3.63) is 42.5 Å². The minimum atomic E-state index is -3.51. The second kappa shape index (κ2) is 8.60. The summed E-state index contributed by atoms with van der Waals surface area (Å²) >= 11 is 0. The average molecular weight is 349 g/mol. The van der Waals surface area contributed by atoms with Crippen LogP contribution in [0, 0.1) is 0 Å². The van der Waals surface area contributed by atoms with Gasteiger partial charge in [0.2, 0.25) is 10.0 Å². The predicted molar refractivity (Wildman–Crippen MR) is 101 cm³/mol. The topological polar surface area (TPSA) is 49.4 Å². The molecule has 24 heavy (non-hydrogen) atoms. The van der Waals surface area contributed by atoms with Crippen molar-refractivity contribution in [3.63, 3.8) is 0 Å². The van der Waals surface area contributed by atoms with Crippen LogP contribution in [0.1, 0.15) is 33.6 Å². The molecule has 0 amide bonds. The van der Waals surface area contributed by atoms with E-state index in [2.05, 4.69) is 23.5 Å². The van der Waals surface area contributed by atoms with Crippen molar-refractivity contribution in [2.24, 2.45) is 0 Å². The molecule has 0 spiro atoms. The maximum atomic E-state index is 12.7. The summed E-state index contributed by atoms with van der Waals surface area (Å²) in [6, 6.07) is 12.9. The summed E-state index contributed by atoms with van der Waals surface area (Å²) in [5.41, 5.74) is 0. The number of nitrogens with one attached hydrogen (secondary N) is 1. The summed E-state index contributed by atoms with van der Waals surface area (Å²) < 4.78 is 28.3. The van der Waals surface area contributed by atoms with E-state index in [1.54, 1.807) is 12.1 Å². The predicted octanol–water partition coefficient (Wildman–Crippen LogP) is 3.63. The van der Waals surface area contributed by atoms with Crippen molar-refractivity contribution in [1.82, 2.24) is 9.62 Å². The van der Waals surface area contributed by atoms with Gasteiger partial charge in [-0.25, -0.2) is 13.1 Å². The molecule has 0 aromatic heterocycles. The number of benzene rings is 2. The van der Waals surface area contributed by atoms with Crippen LogP contribution in [0.2, 0.25) is 0 Å². The zero-order chi connectivity index (χ0) is 17.6. The second-order valence-corrected chi connectivity index (χ2v) is 7.85. The van der Waals surface area contributed by atoms with Crippen molar-refractivity contribution in [3.8, 4) is 0 Å². The van der Waals surface area contributed by atoms with Crippen molar-refractivity contribution in [2.75, 3.05) is 19.6 Å². The van der Waals surface area contributed by atoms with Gasteiger partial charge < -0.3 is 4.90 Å². The van der Waals surface area contributed by atoms with Crippen LogP contribution in [0.3, 0.4) is 0 Å². The summed E-state index contributed by atoms with van der Waals surface area (Å²) in [5, 5.41) is 1.71. The molecule has 2 aromatic rings. The lowest BCUT2D eigenvalue weighted by molar-refractivity contribution is 0.293. The van der Waals surface area contributed by atoms with Gasteiger partial charge in [-0.3, -0.25) is 0 Å². The van der Waals surface area contributed by atoms with Gasteiger partial charge in [0.15, 0.2) is 0 Å². The molecule has 0 saturated carbocycles. The van der Waals surface area contributed by atoms with Gasteiger partial charge >= 0.3 is 0 Å². The molecule has 0 aliphatic rings. The minimum absolute atomic E-state index is 0.0791. The van der Waals surface area contributed by atoms with Crippen LogP contribution in [0.4, 0.5) is 0 Å². The fourth-order valence-corrected chi connectivity index (χ4v) is 4.49. The first kappa shape index (κ1) is 18.9. The van der Waals surface area contributed by atoms with Crippen LogP contribution < -0.4 is 4.72 Å². The molecule has 132 valence electrons. The average Bonchev–Trinajstić information content (AvgIpc) is 2.57. The number of fused-ring (bicyclic) bond motifs is 1. The SMILES string of the molecule is CCN(CC)CCCC(C)NS(=O)(=O)c1cccc2ccccc12. The van der Waals surface area contributed by atoms with Crippen LogP contribution in [0.25, 0.3) is 10.8 Å². The normalized spacial score (nSPS) is 13.5. The fourth-order valence-electron chi connectivity index (χ4n) is 2.98. The van der Waals surface area contributed by atoms with Gasteiger partial charge in [0.05, 0.1) is 4.90 Å². The highest BCUT2D eigenvalue weighted by atomic mass is 32.2. The van der Waals surface area contributed by atoms with Crippen molar-refractivity contribution < 1.29 is 8.42 Å². The molecule has 1 atom stereocenters. The lowest BCUT2D eigenvalue weighted by Crippen LogP contribution is -2.33. The van der Waals surface area contributed by atoms with Crippen LogP contribution >= 0.6 is 0 Å². The molecule has 2 rings (SSSR count). The molecular formula is C19H28N2O2S. The molecule has 2 aromatic carbocycles. The molecule has 0 radical (unpaired) electrons. The lowest BCUT2D eigenvalue weighted by Gasteiger charge is -2.20.